The van der Waals surface area contributed by atoms with Crippen LogP contribution in [0.5, 0.6) is 5.75 Å². The molecule has 1 atom stereocenters. The number of nitrogens with one attached hydrogen (secondary N) is 2. The average molecular weight is 365 g/mol. The number of aromatic nitrogens is 1. The van der Waals surface area contributed by atoms with E-state index in [4.69, 9.17) is 21.1 Å². The van der Waals surface area contributed by atoms with Gasteiger partial charge in [0, 0.05) is 17.4 Å². The molecule has 132 valence electrons. The second-order valence-corrected chi connectivity index (χ2v) is 5.65. The molecule has 0 saturated heterocycles. The highest BCUT2D eigenvalue weighted by Crippen LogP contribution is 2.27. The number of halogens is 1. The van der Waals surface area contributed by atoms with Crippen molar-refractivity contribution in [1.29, 1.82) is 0 Å². The molecule has 0 aliphatic heterocycles. The fraction of sp³-hybridized carbons (Fsp3) is 0.235. The zero-order chi connectivity index (χ0) is 18.6. The fourth-order valence-electron chi connectivity index (χ4n) is 1.98. The summed E-state index contributed by atoms with van der Waals surface area (Å²) in [6, 6.07) is 6.12. The molecule has 0 aliphatic rings. The molecule has 0 spiro atoms. The first kappa shape index (κ1) is 18.5. The third-order valence-corrected chi connectivity index (χ3v) is 3.68. The molecular formula is C17H17ClN2O5. The smallest absolute Gasteiger partial charge is 0.355 e. The Hall–Kier alpha value is -2.80. The summed E-state index contributed by atoms with van der Waals surface area (Å²) in [6.45, 7) is 2.82. The van der Waals surface area contributed by atoms with Crippen molar-refractivity contribution in [3.63, 3.8) is 0 Å². The van der Waals surface area contributed by atoms with Gasteiger partial charge in [-0.05, 0) is 38.1 Å². The molecule has 0 aliphatic carbocycles. The van der Waals surface area contributed by atoms with Crippen molar-refractivity contribution in [2.24, 2.45) is 0 Å². The summed E-state index contributed by atoms with van der Waals surface area (Å²) in [5, 5.41) is 2.93. The summed E-state index contributed by atoms with van der Waals surface area (Å²) in [5.41, 5.74) is 0.895. The maximum Gasteiger partial charge on any atom is 0.355 e. The van der Waals surface area contributed by atoms with Gasteiger partial charge in [-0.3, -0.25) is 9.59 Å². The molecule has 1 aromatic heterocycles. The van der Waals surface area contributed by atoms with E-state index in [1.165, 1.54) is 39.3 Å². The van der Waals surface area contributed by atoms with Crippen LogP contribution in [-0.2, 0) is 9.53 Å². The number of rotatable bonds is 6. The van der Waals surface area contributed by atoms with Crippen molar-refractivity contribution in [3.8, 4) is 5.75 Å². The number of benzene rings is 1. The molecule has 2 rings (SSSR count). The quantitative estimate of drug-likeness (QED) is 0.606. The molecular weight excluding hydrogens is 348 g/mol. The van der Waals surface area contributed by atoms with E-state index in [0.29, 0.717) is 22.0 Å². The van der Waals surface area contributed by atoms with Gasteiger partial charge in [0.05, 0.1) is 12.1 Å². The molecule has 1 aromatic carbocycles. The minimum Gasteiger partial charge on any atom is -0.495 e. The van der Waals surface area contributed by atoms with Gasteiger partial charge in [-0.1, -0.05) is 11.6 Å². The summed E-state index contributed by atoms with van der Waals surface area (Å²) < 4.78 is 10.1. The van der Waals surface area contributed by atoms with Crippen LogP contribution in [0.15, 0.2) is 30.5 Å². The second kappa shape index (κ2) is 7.85. The Balaban J connectivity index is 1.98. The summed E-state index contributed by atoms with van der Waals surface area (Å²) >= 11 is 5.99. The van der Waals surface area contributed by atoms with Gasteiger partial charge in [-0.2, -0.15) is 0 Å². The molecule has 0 radical (unpaired) electrons. The van der Waals surface area contributed by atoms with Crippen LogP contribution in [0.2, 0.25) is 5.02 Å². The number of amides is 1. The number of esters is 1. The lowest BCUT2D eigenvalue weighted by Crippen LogP contribution is -2.30. The largest absolute Gasteiger partial charge is 0.495 e. The average Bonchev–Trinajstić information content (AvgIpc) is 3.05. The monoisotopic (exact) mass is 364 g/mol. The Morgan fingerprint density at radius 2 is 1.96 bits per heavy atom. The number of hydrogen-bond donors (Lipinski definition) is 2. The first-order valence-electron chi connectivity index (χ1n) is 7.36. The lowest BCUT2D eigenvalue weighted by Gasteiger charge is -2.13. The third kappa shape index (κ3) is 4.60. The van der Waals surface area contributed by atoms with Gasteiger partial charge in [0.15, 0.2) is 11.9 Å². The number of ether oxygens (including phenoxy) is 2. The highest BCUT2D eigenvalue weighted by molar-refractivity contribution is 6.32. The Kier molecular flexibility index (Phi) is 5.82. The first-order valence-corrected chi connectivity index (χ1v) is 7.74. The molecule has 25 heavy (non-hydrogen) atoms. The summed E-state index contributed by atoms with van der Waals surface area (Å²) in [4.78, 5) is 38.0. The molecule has 1 amide bonds. The maximum atomic E-state index is 12.1. The van der Waals surface area contributed by atoms with Crippen LogP contribution < -0.4 is 10.1 Å². The topological polar surface area (TPSA) is 97.5 Å². The van der Waals surface area contributed by atoms with Crippen LogP contribution in [0.1, 0.15) is 34.7 Å². The SMILES string of the molecule is COc1ccc(NC(=O)[C@@H](C)OC(=O)c2cc(C(C)=O)c[nH]2)cc1Cl. The number of methoxy groups -OCH3 is 1. The van der Waals surface area contributed by atoms with Crippen molar-refractivity contribution in [2.45, 2.75) is 20.0 Å². The molecule has 0 bridgehead atoms. The number of hydrogen-bond acceptors (Lipinski definition) is 5. The molecule has 0 saturated carbocycles. The zero-order valence-corrected chi connectivity index (χ0v) is 14.6. The van der Waals surface area contributed by atoms with Crippen LogP contribution in [0.3, 0.4) is 0 Å². The van der Waals surface area contributed by atoms with Gasteiger partial charge in [0.2, 0.25) is 0 Å². The number of aromatic amines is 1. The number of Topliss-reactive ketones (excluding diaryl/α,β-unsaturated/α-hetero) is 1. The predicted octanol–water partition coefficient (Wildman–Crippen LogP) is 3.06. The number of anilines is 1. The van der Waals surface area contributed by atoms with Gasteiger partial charge in [-0.15, -0.1) is 0 Å². The van der Waals surface area contributed by atoms with E-state index >= 15 is 0 Å². The van der Waals surface area contributed by atoms with Gasteiger partial charge < -0.3 is 19.8 Å². The normalized spacial score (nSPS) is 11.5. The van der Waals surface area contributed by atoms with E-state index in [9.17, 15) is 14.4 Å². The Morgan fingerprint density at radius 1 is 1.24 bits per heavy atom. The molecule has 2 N–H and O–H groups in total. The van der Waals surface area contributed by atoms with Crippen LogP contribution in [-0.4, -0.2) is 35.9 Å². The molecule has 2 aromatic rings. The van der Waals surface area contributed by atoms with Gasteiger partial charge in [0.25, 0.3) is 5.91 Å². The van der Waals surface area contributed by atoms with E-state index < -0.39 is 18.0 Å². The van der Waals surface area contributed by atoms with E-state index in [1.807, 2.05) is 0 Å². The van der Waals surface area contributed by atoms with Gasteiger partial charge in [0.1, 0.15) is 11.4 Å². The standard InChI is InChI=1S/C17H17ClN2O5/c1-9(21)11-6-14(19-8-11)17(23)25-10(2)16(22)20-12-4-5-15(24-3)13(18)7-12/h4-8,10,19H,1-3H3,(H,20,22)/t10-/m1/s1. The summed E-state index contributed by atoms with van der Waals surface area (Å²) in [7, 11) is 1.49. The van der Waals surface area contributed by atoms with Crippen LogP contribution in [0, 0.1) is 0 Å². The van der Waals surface area contributed by atoms with Gasteiger partial charge in [-0.25, -0.2) is 4.79 Å². The summed E-state index contributed by atoms with van der Waals surface area (Å²) in [6.07, 6.45) is 0.362. The fourth-order valence-corrected chi connectivity index (χ4v) is 2.24. The summed E-state index contributed by atoms with van der Waals surface area (Å²) in [5.74, 6) is -0.958. The van der Waals surface area contributed by atoms with E-state index in [2.05, 4.69) is 10.3 Å². The van der Waals surface area contributed by atoms with E-state index in [-0.39, 0.29) is 11.5 Å². The molecule has 8 heteroatoms. The molecule has 0 unspecified atom stereocenters. The van der Waals surface area contributed by atoms with Crippen molar-refractivity contribution in [1.82, 2.24) is 4.98 Å². The number of carbonyl (C=O) groups excluding carboxylic acids is 3. The highest BCUT2D eigenvalue weighted by Gasteiger charge is 2.21. The number of ketones is 1. The number of carbonyl (C=O) groups is 3. The molecule has 1 heterocycles. The lowest BCUT2D eigenvalue weighted by molar-refractivity contribution is -0.123. The van der Waals surface area contributed by atoms with Crippen LogP contribution >= 0.6 is 11.6 Å². The number of H-pyrrole nitrogens is 1. The molecule has 0 fully saturated rings. The van der Waals surface area contributed by atoms with E-state index in [1.54, 1.807) is 12.1 Å². The predicted molar refractivity (Wildman–Crippen MR) is 92.3 cm³/mol. The Labute approximate surface area is 149 Å². The van der Waals surface area contributed by atoms with E-state index in [0.717, 1.165) is 0 Å². The van der Waals surface area contributed by atoms with Crippen molar-refractivity contribution in [2.75, 3.05) is 12.4 Å². The Bertz CT molecular complexity index is 815. The second-order valence-electron chi connectivity index (χ2n) is 5.24. The maximum absolute atomic E-state index is 12.1. The third-order valence-electron chi connectivity index (χ3n) is 3.38. The Morgan fingerprint density at radius 3 is 2.52 bits per heavy atom. The minimum atomic E-state index is -1.04. The van der Waals surface area contributed by atoms with Gasteiger partial charge >= 0.3 is 5.97 Å². The molecule has 7 nitrogen and oxygen atoms in total. The minimum absolute atomic E-state index is 0.0948. The van der Waals surface area contributed by atoms with Crippen molar-refractivity contribution < 1.29 is 23.9 Å². The lowest BCUT2D eigenvalue weighted by atomic mass is 10.2. The zero-order valence-electron chi connectivity index (χ0n) is 13.9. The van der Waals surface area contributed by atoms with Crippen molar-refractivity contribution in [3.05, 3.63) is 46.7 Å². The first-order chi connectivity index (χ1) is 11.8. The highest BCUT2D eigenvalue weighted by atomic mass is 35.5. The van der Waals surface area contributed by atoms with Crippen LogP contribution in [0.4, 0.5) is 5.69 Å². The van der Waals surface area contributed by atoms with Crippen LogP contribution in [0.25, 0.3) is 0 Å². The van der Waals surface area contributed by atoms with Crippen molar-refractivity contribution >= 4 is 34.9 Å².